The molecule has 4 N–H and O–H groups in total. The first-order valence-corrected chi connectivity index (χ1v) is 9.30. The second-order valence-electron chi connectivity index (χ2n) is 7.19. The molecule has 1 aliphatic heterocycles. The van der Waals surface area contributed by atoms with Gasteiger partial charge >= 0.3 is 0 Å². The molecule has 0 amide bonds. The fourth-order valence-corrected chi connectivity index (χ4v) is 3.63. The minimum absolute atomic E-state index is 0.636. The fraction of sp³-hybridized carbons (Fsp3) is 0.684. The number of ether oxygens (including phenoxy) is 1. The standard InChI is InChI=1S/C19H32N4O/c1-21-7-8-22-16-5-9-23(10-6-16)18-13-19(24-2)17(20)12-15(18)11-14-3-4-14/h12-14,16,21-22H,3-11,20H2,1-2H3. The van der Waals surface area contributed by atoms with E-state index in [4.69, 9.17) is 10.5 Å². The number of benzene rings is 1. The van der Waals surface area contributed by atoms with Gasteiger partial charge in [0.05, 0.1) is 12.8 Å². The molecule has 24 heavy (non-hydrogen) atoms. The normalized spacial score (nSPS) is 18.8. The Hall–Kier alpha value is -1.46. The average Bonchev–Trinajstić information content (AvgIpc) is 3.40. The molecule has 0 aromatic heterocycles. The number of nitrogens with zero attached hydrogens (tertiary/aromatic N) is 1. The Bertz CT molecular complexity index is 536. The predicted octanol–water partition coefficient (Wildman–Crippen LogP) is 2.01. The number of hydrogen-bond acceptors (Lipinski definition) is 5. The van der Waals surface area contributed by atoms with E-state index in [9.17, 15) is 0 Å². The Morgan fingerprint density at radius 1 is 1.17 bits per heavy atom. The van der Waals surface area contributed by atoms with Crippen LogP contribution in [-0.2, 0) is 6.42 Å². The summed E-state index contributed by atoms with van der Waals surface area (Å²) < 4.78 is 5.47. The van der Waals surface area contributed by atoms with Gasteiger partial charge in [-0.2, -0.15) is 0 Å². The molecule has 5 heteroatoms. The van der Waals surface area contributed by atoms with Gasteiger partial charge < -0.3 is 26.0 Å². The lowest BCUT2D eigenvalue weighted by Gasteiger charge is -2.35. The summed E-state index contributed by atoms with van der Waals surface area (Å²) in [4.78, 5) is 2.52. The van der Waals surface area contributed by atoms with Gasteiger partial charge in [-0.3, -0.25) is 0 Å². The number of nitrogens with one attached hydrogen (secondary N) is 2. The van der Waals surface area contributed by atoms with Crippen LogP contribution in [-0.4, -0.2) is 46.4 Å². The van der Waals surface area contributed by atoms with E-state index in [0.29, 0.717) is 6.04 Å². The molecule has 0 unspecified atom stereocenters. The smallest absolute Gasteiger partial charge is 0.143 e. The van der Waals surface area contributed by atoms with Crippen LogP contribution in [0.1, 0.15) is 31.2 Å². The van der Waals surface area contributed by atoms with Crippen molar-refractivity contribution >= 4 is 11.4 Å². The van der Waals surface area contributed by atoms with E-state index >= 15 is 0 Å². The molecule has 1 aromatic rings. The summed E-state index contributed by atoms with van der Waals surface area (Å²) in [6.45, 7) is 4.27. The minimum Gasteiger partial charge on any atom is -0.495 e. The summed E-state index contributed by atoms with van der Waals surface area (Å²) in [6, 6.07) is 4.93. The highest BCUT2D eigenvalue weighted by molar-refractivity contribution is 5.67. The van der Waals surface area contributed by atoms with Gasteiger partial charge in [0.2, 0.25) is 0 Å². The van der Waals surface area contributed by atoms with Gasteiger partial charge in [-0.1, -0.05) is 0 Å². The van der Waals surface area contributed by atoms with Crippen LogP contribution in [0.25, 0.3) is 0 Å². The Labute approximate surface area is 145 Å². The predicted molar refractivity (Wildman–Crippen MR) is 101 cm³/mol. The van der Waals surface area contributed by atoms with Gasteiger partial charge in [-0.15, -0.1) is 0 Å². The molecule has 0 spiro atoms. The number of piperidine rings is 1. The number of likely N-dealkylation sites (N-methyl/N-ethyl adjacent to an activating group) is 1. The lowest BCUT2D eigenvalue weighted by Crippen LogP contribution is -2.44. The third-order valence-corrected chi connectivity index (χ3v) is 5.28. The summed E-state index contributed by atoms with van der Waals surface area (Å²) in [5.41, 5.74) is 9.66. The lowest BCUT2D eigenvalue weighted by atomic mass is 10.00. The van der Waals surface area contributed by atoms with Gasteiger partial charge in [0.1, 0.15) is 5.75 Å². The number of hydrogen-bond donors (Lipinski definition) is 3. The van der Waals surface area contributed by atoms with E-state index in [0.717, 1.165) is 50.0 Å². The minimum atomic E-state index is 0.636. The summed E-state index contributed by atoms with van der Waals surface area (Å²) in [5.74, 6) is 1.66. The number of rotatable bonds is 8. The Balaban J connectivity index is 1.67. The molecule has 1 heterocycles. The van der Waals surface area contributed by atoms with Crippen LogP contribution >= 0.6 is 0 Å². The van der Waals surface area contributed by atoms with Crippen LogP contribution in [0.15, 0.2) is 12.1 Å². The maximum Gasteiger partial charge on any atom is 0.143 e. The van der Waals surface area contributed by atoms with E-state index in [1.54, 1.807) is 7.11 Å². The second-order valence-corrected chi connectivity index (χ2v) is 7.19. The second kappa shape index (κ2) is 8.08. The highest BCUT2D eigenvalue weighted by Crippen LogP contribution is 2.39. The zero-order valence-electron chi connectivity index (χ0n) is 15.1. The molecule has 1 saturated carbocycles. The van der Waals surface area contributed by atoms with Crippen molar-refractivity contribution in [3.63, 3.8) is 0 Å². The molecule has 5 nitrogen and oxygen atoms in total. The topological polar surface area (TPSA) is 62.5 Å². The first-order valence-electron chi connectivity index (χ1n) is 9.30. The Morgan fingerprint density at radius 3 is 2.54 bits per heavy atom. The number of anilines is 2. The molecular weight excluding hydrogens is 300 g/mol. The van der Waals surface area contributed by atoms with Crippen LogP contribution in [0.2, 0.25) is 0 Å². The molecule has 0 bridgehead atoms. The molecule has 0 atom stereocenters. The maximum atomic E-state index is 6.16. The zero-order valence-corrected chi connectivity index (χ0v) is 15.1. The molecule has 1 saturated heterocycles. The molecule has 134 valence electrons. The van der Waals surface area contributed by atoms with Crippen molar-refractivity contribution in [3.8, 4) is 5.75 Å². The molecule has 0 radical (unpaired) electrons. The van der Waals surface area contributed by atoms with Crippen LogP contribution in [0.3, 0.4) is 0 Å². The third kappa shape index (κ3) is 4.33. The zero-order chi connectivity index (χ0) is 16.9. The lowest BCUT2D eigenvalue weighted by molar-refractivity contribution is 0.410. The van der Waals surface area contributed by atoms with E-state index < -0.39 is 0 Å². The van der Waals surface area contributed by atoms with Crippen LogP contribution in [0, 0.1) is 5.92 Å². The number of nitrogens with two attached hydrogens (primary N) is 1. The number of methoxy groups -OCH3 is 1. The monoisotopic (exact) mass is 332 g/mol. The van der Waals surface area contributed by atoms with Crippen LogP contribution in [0.5, 0.6) is 5.75 Å². The van der Waals surface area contributed by atoms with Crippen molar-refractivity contribution in [2.75, 3.05) is 51.0 Å². The number of nitrogen functional groups attached to an aromatic ring is 1. The van der Waals surface area contributed by atoms with Gasteiger partial charge in [-0.05, 0) is 56.7 Å². The van der Waals surface area contributed by atoms with Crippen molar-refractivity contribution in [2.24, 2.45) is 5.92 Å². The SMILES string of the molecule is CNCCNC1CCN(c2cc(OC)c(N)cc2CC2CC2)CC1. The molecular formula is C19H32N4O. The molecule has 3 rings (SSSR count). The van der Waals surface area contributed by atoms with Crippen molar-refractivity contribution < 1.29 is 4.74 Å². The summed E-state index contributed by atoms with van der Waals surface area (Å²) in [7, 11) is 3.70. The first kappa shape index (κ1) is 17.4. The quantitative estimate of drug-likeness (QED) is 0.502. The van der Waals surface area contributed by atoms with E-state index in [2.05, 4.69) is 27.7 Å². The van der Waals surface area contributed by atoms with E-state index in [1.807, 2.05) is 7.05 Å². The molecule has 2 fully saturated rings. The molecule has 1 aliphatic carbocycles. The van der Waals surface area contributed by atoms with Gasteiger partial charge in [0.15, 0.2) is 0 Å². The average molecular weight is 332 g/mol. The Kier molecular flexibility index (Phi) is 5.85. The van der Waals surface area contributed by atoms with Gasteiger partial charge in [0.25, 0.3) is 0 Å². The highest BCUT2D eigenvalue weighted by Gasteiger charge is 2.26. The van der Waals surface area contributed by atoms with E-state index in [1.165, 1.54) is 36.9 Å². The van der Waals surface area contributed by atoms with E-state index in [-0.39, 0.29) is 0 Å². The summed E-state index contributed by atoms with van der Waals surface area (Å²) >= 11 is 0. The highest BCUT2D eigenvalue weighted by atomic mass is 16.5. The van der Waals surface area contributed by atoms with Crippen molar-refractivity contribution in [1.82, 2.24) is 10.6 Å². The fourth-order valence-electron chi connectivity index (χ4n) is 3.63. The van der Waals surface area contributed by atoms with Gasteiger partial charge in [0, 0.05) is 44.0 Å². The Morgan fingerprint density at radius 2 is 1.92 bits per heavy atom. The molecule has 2 aliphatic rings. The largest absolute Gasteiger partial charge is 0.495 e. The summed E-state index contributed by atoms with van der Waals surface area (Å²) in [6.07, 6.45) is 6.27. The molecule has 1 aromatic carbocycles. The van der Waals surface area contributed by atoms with Crippen molar-refractivity contribution in [2.45, 2.75) is 38.1 Å². The van der Waals surface area contributed by atoms with Crippen molar-refractivity contribution in [1.29, 1.82) is 0 Å². The van der Waals surface area contributed by atoms with Crippen LogP contribution < -0.4 is 26.0 Å². The maximum absolute atomic E-state index is 6.16. The van der Waals surface area contributed by atoms with Gasteiger partial charge in [-0.25, -0.2) is 0 Å². The third-order valence-electron chi connectivity index (χ3n) is 5.28. The van der Waals surface area contributed by atoms with Crippen LogP contribution in [0.4, 0.5) is 11.4 Å². The summed E-state index contributed by atoms with van der Waals surface area (Å²) in [5, 5.41) is 6.84. The van der Waals surface area contributed by atoms with Crippen molar-refractivity contribution in [3.05, 3.63) is 17.7 Å². The first-order chi connectivity index (χ1) is 11.7.